The maximum absolute atomic E-state index is 13.4. The highest BCUT2D eigenvalue weighted by molar-refractivity contribution is 5.94. The second kappa shape index (κ2) is 12.0. The summed E-state index contributed by atoms with van der Waals surface area (Å²) in [6, 6.07) is 24.3. The molecule has 36 heavy (non-hydrogen) atoms. The SMILES string of the molecule is COCC(=O)N(C)[C@H](Cc1ccc(F)cc1)C1CCN(C(=O)c2ccc(-c3ccccc3)cc2)CC1. The number of likely N-dealkylation sites (N-methyl/N-ethyl adjacent to an activating group) is 1. The highest BCUT2D eigenvalue weighted by Gasteiger charge is 2.33. The van der Waals surface area contributed by atoms with Gasteiger partial charge in [0, 0.05) is 38.9 Å². The fourth-order valence-corrected chi connectivity index (χ4v) is 5.00. The van der Waals surface area contributed by atoms with E-state index in [1.54, 1.807) is 24.1 Å². The van der Waals surface area contributed by atoms with Crippen molar-refractivity contribution in [2.24, 2.45) is 5.92 Å². The molecule has 0 unspecified atom stereocenters. The molecule has 1 saturated heterocycles. The number of carbonyl (C=O) groups excluding carboxylic acids is 2. The molecule has 3 aromatic carbocycles. The monoisotopic (exact) mass is 488 g/mol. The van der Waals surface area contributed by atoms with Crippen LogP contribution in [0.1, 0.15) is 28.8 Å². The molecule has 3 aromatic rings. The van der Waals surface area contributed by atoms with Crippen LogP contribution in [0.4, 0.5) is 4.39 Å². The van der Waals surface area contributed by atoms with E-state index in [1.807, 2.05) is 47.4 Å². The lowest BCUT2D eigenvalue weighted by Gasteiger charge is -2.40. The first kappa shape index (κ1) is 25.6. The number of ether oxygens (including phenoxy) is 1. The Bertz CT molecular complexity index is 1140. The molecule has 1 aliphatic heterocycles. The Morgan fingerprint density at radius 1 is 0.944 bits per heavy atom. The minimum absolute atomic E-state index is 0.0206. The molecule has 0 aliphatic carbocycles. The molecule has 0 bridgehead atoms. The van der Waals surface area contributed by atoms with Crippen molar-refractivity contribution < 1.29 is 18.7 Å². The number of rotatable bonds is 8. The number of likely N-dealkylation sites (tertiary alicyclic amines) is 1. The van der Waals surface area contributed by atoms with Gasteiger partial charge in [-0.05, 0) is 66.1 Å². The number of halogens is 1. The Morgan fingerprint density at radius 3 is 2.17 bits per heavy atom. The third kappa shape index (κ3) is 6.18. The largest absolute Gasteiger partial charge is 0.375 e. The molecule has 0 radical (unpaired) electrons. The molecule has 188 valence electrons. The molecule has 4 rings (SSSR count). The average molecular weight is 489 g/mol. The van der Waals surface area contributed by atoms with Crippen LogP contribution in [0.2, 0.25) is 0 Å². The van der Waals surface area contributed by atoms with Crippen molar-refractivity contribution in [2.75, 3.05) is 33.9 Å². The lowest BCUT2D eigenvalue weighted by Crippen LogP contribution is -2.49. The van der Waals surface area contributed by atoms with Crippen molar-refractivity contribution in [3.8, 4) is 11.1 Å². The van der Waals surface area contributed by atoms with Gasteiger partial charge in [0.15, 0.2) is 0 Å². The second-order valence-corrected chi connectivity index (χ2v) is 9.41. The van der Waals surface area contributed by atoms with Crippen molar-refractivity contribution in [1.29, 1.82) is 0 Å². The van der Waals surface area contributed by atoms with Gasteiger partial charge in [-0.15, -0.1) is 0 Å². The summed E-state index contributed by atoms with van der Waals surface area (Å²) in [5.74, 6) is -0.0957. The predicted molar refractivity (Wildman–Crippen MR) is 139 cm³/mol. The summed E-state index contributed by atoms with van der Waals surface area (Å²) in [4.78, 5) is 29.5. The van der Waals surface area contributed by atoms with Gasteiger partial charge in [0.05, 0.1) is 0 Å². The topological polar surface area (TPSA) is 49.9 Å². The molecular formula is C30H33FN2O3. The zero-order valence-electron chi connectivity index (χ0n) is 20.9. The van der Waals surface area contributed by atoms with Crippen LogP contribution in [0.15, 0.2) is 78.9 Å². The molecule has 1 fully saturated rings. The molecule has 0 aromatic heterocycles. The van der Waals surface area contributed by atoms with E-state index in [-0.39, 0.29) is 36.2 Å². The van der Waals surface area contributed by atoms with Crippen LogP contribution in [0.3, 0.4) is 0 Å². The summed E-state index contributed by atoms with van der Waals surface area (Å²) in [5.41, 5.74) is 3.87. The quantitative estimate of drug-likeness (QED) is 0.445. The van der Waals surface area contributed by atoms with Gasteiger partial charge in [0.25, 0.3) is 5.91 Å². The lowest BCUT2D eigenvalue weighted by atomic mass is 9.84. The van der Waals surface area contributed by atoms with Crippen molar-refractivity contribution in [1.82, 2.24) is 9.80 Å². The number of benzene rings is 3. The average Bonchev–Trinajstić information content (AvgIpc) is 2.93. The van der Waals surface area contributed by atoms with E-state index in [0.717, 1.165) is 29.5 Å². The van der Waals surface area contributed by atoms with Crippen LogP contribution in [0, 0.1) is 11.7 Å². The van der Waals surface area contributed by atoms with Gasteiger partial charge in [-0.3, -0.25) is 9.59 Å². The van der Waals surface area contributed by atoms with Crippen molar-refractivity contribution >= 4 is 11.8 Å². The van der Waals surface area contributed by atoms with Crippen LogP contribution in [-0.4, -0.2) is 61.5 Å². The highest BCUT2D eigenvalue weighted by atomic mass is 19.1. The summed E-state index contributed by atoms with van der Waals surface area (Å²) in [6.07, 6.45) is 2.22. The van der Waals surface area contributed by atoms with Gasteiger partial charge in [0.1, 0.15) is 12.4 Å². The third-order valence-electron chi connectivity index (χ3n) is 7.13. The van der Waals surface area contributed by atoms with Crippen LogP contribution in [0.25, 0.3) is 11.1 Å². The van der Waals surface area contributed by atoms with Crippen LogP contribution < -0.4 is 0 Å². The summed E-state index contributed by atoms with van der Waals surface area (Å²) < 4.78 is 18.5. The zero-order chi connectivity index (χ0) is 25.5. The van der Waals surface area contributed by atoms with Crippen molar-refractivity contribution in [3.63, 3.8) is 0 Å². The minimum atomic E-state index is -0.275. The summed E-state index contributed by atoms with van der Waals surface area (Å²) in [7, 11) is 3.32. The molecule has 1 aliphatic rings. The molecule has 6 heteroatoms. The number of hydrogen-bond acceptors (Lipinski definition) is 3. The smallest absolute Gasteiger partial charge is 0.253 e. The molecule has 1 heterocycles. The molecule has 5 nitrogen and oxygen atoms in total. The maximum atomic E-state index is 13.4. The Kier molecular flexibility index (Phi) is 8.49. The first-order chi connectivity index (χ1) is 17.5. The Morgan fingerprint density at radius 2 is 1.56 bits per heavy atom. The molecule has 0 saturated carbocycles. The summed E-state index contributed by atoms with van der Waals surface area (Å²) in [6.45, 7) is 1.29. The van der Waals surface area contributed by atoms with E-state index in [9.17, 15) is 14.0 Å². The van der Waals surface area contributed by atoms with Gasteiger partial charge >= 0.3 is 0 Å². The fourth-order valence-electron chi connectivity index (χ4n) is 5.00. The first-order valence-electron chi connectivity index (χ1n) is 12.4. The van der Waals surface area contributed by atoms with Gasteiger partial charge in [0.2, 0.25) is 5.91 Å². The highest BCUT2D eigenvalue weighted by Crippen LogP contribution is 2.28. The maximum Gasteiger partial charge on any atom is 0.253 e. The number of nitrogens with zero attached hydrogens (tertiary/aromatic N) is 2. The standard InChI is InChI=1S/C30H33FN2O3/c1-32(29(34)21-36-2)28(20-22-8-14-27(31)15-9-22)25-16-18-33(19-17-25)30(35)26-12-10-24(11-13-26)23-6-4-3-5-7-23/h3-15,25,28H,16-21H2,1-2H3/t28-/m1/s1. The minimum Gasteiger partial charge on any atom is -0.375 e. The van der Waals surface area contributed by atoms with Gasteiger partial charge < -0.3 is 14.5 Å². The normalized spacial score (nSPS) is 14.9. The Hall–Kier alpha value is -3.51. The van der Waals surface area contributed by atoms with Crippen LogP contribution in [-0.2, 0) is 16.0 Å². The summed E-state index contributed by atoms with van der Waals surface area (Å²) >= 11 is 0. The van der Waals surface area contributed by atoms with E-state index >= 15 is 0 Å². The zero-order valence-corrected chi connectivity index (χ0v) is 20.9. The van der Waals surface area contributed by atoms with Crippen molar-refractivity contribution in [2.45, 2.75) is 25.3 Å². The third-order valence-corrected chi connectivity index (χ3v) is 7.13. The van der Waals surface area contributed by atoms with E-state index in [2.05, 4.69) is 12.1 Å². The fraction of sp³-hybridized carbons (Fsp3) is 0.333. The van der Waals surface area contributed by atoms with E-state index in [1.165, 1.54) is 19.2 Å². The van der Waals surface area contributed by atoms with E-state index in [4.69, 9.17) is 4.74 Å². The molecular weight excluding hydrogens is 455 g/mol. The number of carbonyl (C=O) groups is 2. The Labute approximate surface area is 212 Å². The van der Waals surface area contributed by atoms with Gasteiger partial charge in [-0.2, -0.15) is 0 Å². The van der Waals surface area contributed by atoms with Crippen molar-refractivity contribution in [3.05, 3.63) is 95.8 Å². The first-order valence-corrected chi connectivity index (χ1v) is 12.4. The van der Waals surface area contributed by atoms with E-state index in [0.29, 0.717) is 25.1 Å². The number of piperidine rings is 1. The molecule has 2 amide bonds. The number of hydrogen-bond donors (Lipinski definition) is 0. The Balaban J connectivity index is 1.42. The molecule has 0 N–H and O–H groups in total. The van der Waals surface area contributed by atoms with Crippen LogP contribution in [0.5, 0.6) is 0 Å². The lowest BCUT2D eigenvalue weighted by molar-refractivity contribution is -0.137. The second-order valence-electron chi connectivity index (χ2n) is 9.41. The summed E-state index contributed by atoms with van der Waals surface area (Å²) in [5, 5.41) is 0. The molecule has 0 spiro atoms. The van der Waals surface area contributed by atoms with Gasteiger partial charge in [-0.1, -0.05) is 54.6 Å². The van der Waals surface area contributed by atoms with Crippen LogP contribution >= 0.6 is 0 Å². The predicted octanol–water partition coefficient (Wildman–Crippen LogP) is 5.06. The number of methoxy groups -OCH3 is 1. The number of amides is 2. The molecule has 1 atom stereocenters. The van der Waals surface area contributed by atoms with Gasteiger partial charge in [-0.25, -0.2) is 4.39 Å². The van der Waals surface area contributed by atoms with E-state index < -0.39 is 0 Å².